The monoisotopic (exact) mass is 661 g/mol. The first-order valence-electron chi connectivity index (χ1n) is 13.6. The highest BCUT2D eigenvalue weighted by Crippen LogP contribution is 2.40. The fourth-order valence-corrected chi connectivity index (χ4v) is 5.28. The molecule has 46 heavy (non-hydrogen) atoms. The van der Waals surface area contributed by atoms with Crippen molar-refractivity contribution in [3.05, 3.63) is 76.9 Å². The number of rotatable bonds is 5. The molecule has 2 aliphatic heterocycles. The first kappa shape index (κ1) is 32.9. The van der Waals surface area contributed by atoms with Gasteiger partial charge in [0, 0.05) is 31.9 Å². The summed E-state index contributed by atoms with van der Waals surface area (Å²) in [6.07, 6.45) is -14.9. The Morgan fingerprint density at radius 2 is 1.54 bits per heavy atom. The molecule has 2 amide bonds. The Balaban J connectivity index is 1.28. The van der Waals surface area contributed by atoms with Gasteiger partial charge < -0.3 is 19.7 Å². The number of alkyl halides is 9. The number of hydrogen-bond acceptors (Lipinski definition) is 5. The van der Waals surface area contributed by atoms with Crippen LogP contribution in [-0.2, 0) is 28.5 Å². The number of hydrogen-bond donors (Lipinski definition) is 1. The topological polar surface area (TPSA) is 71.1 Å². The minimum Gasteiger partial charge on any atom is -0.483 e. The van der Waals surface area contributed by atoms with E-state index >= 15 is 0 Å². The molecule has 0 aliphatic carbocycles. The molecule has 3 aromatic rings. The average molecular weight is 662 g/mol. The summed E-state index contributed by atoms with van der Waals surface area (Å²) in [5.74, 6) is -1.26. The van der Waals surface area contributed by atoms with E-state index in [4.69, 9.17) is 4.74 Å². The molecule has 1 fully saturated rings. The lowest BCUT2D eigenvalue weighted by Gasteiger charge is -2.39. The van der Waals surface area contributed by atoms with Crippen molar-refractivity contribution < 1.29 is 58.6 Å². The summed E-state index contributed by atoms with van der Waals surface area (Å²) >= 11 is 0. The number of halogens is 9. The van der Waals surface area contributed by atoms with E-state index in [2.05, 4.69) is 10.1 Å². The molecule has 2 aliphatic rings. The Kier molecular flexibility index (Phi) is 8.61. The van der Waals surface area contributed by atoms with Crippen molar-refractivity contribution in [2.45, 2.75) is 38.2 Å². The van der Waals surface area contributed by atoms with Gasteiger partial charge in [0.1, 0.15) is 17.5 Å². The van der Waals surface area contributed by atoms with Gasteiger partial charge in [-0.3, -0.25) is 14.5 Å². The first-order valence-corrected chi connectivity index (χ1v) is 13.6. The molecule has 1 saturated heterocycles. The standard InChI is InChI=1S/C30H24F9N3O4/c1-16-8-22(46-30(37,38)39)3-5-25(16)45-15-26(43)42-7-6-41-13-19-9-17(2-4-23(19)40-27(44)24(41)14-42)18-10-20(28(31,32)33)12-21(11-18)29(34,35)36/h2-5,8-12,24H,6-7,13-15H2,1H3,(H,40,44). The predicted octanol–water partition coefficient (Wildman–Crippen LogP) is 6.64. The third kappa shape index (κ3) is 7.49. The van der Waals surface area contributed by atoms with E-state index in [1.54, 1.807) is 4.90 Å². The Morgan fingerprint density at radius 1 is 0.870 bits per heavy atom. The fourth-order valence-electron chi connectivity index (χ4n) is 5.28. The lowest BCUT2D eigenvalue weighted by Crippen LogP contribution is -2.58. The minimum absolute atomic E-state index is 0.0468. The lowest BCUT2D eigenvalue weighted by molar-refractivity contribution is -0.274. The number of benzene rings is 3. The van der Waals surface area contributed by atoms with Crippen LogP contribution in [0.4, 0.5) is 45.2 Å². The van der Waals surface area contributed by atoms with Gasteiger partial charge in [-0.05, 0) is 77.7 Å². The van der Waals surface area contributed by atoms with Gasteiger partial charge in [-0.15, -0.1) is 13.2 Å². The molecular weight excluding hydrogens is 637 g/mol. The zero-order chi connectivity index (χ0) is 33.6. The minimum atomic E-state index is -5.01. The maximum atomic E-state index is 13.4. The average Bonchev–Trinajstić information content (AvgIpc) is 3.09. The number of amides is 2. The molecule has 0 radical (unpaired) electrons. The molecule has 16 heteroatoms. The van der Waals surface area contributed by atoms with Gasteiger partial charge in [-0.25, -0.2) is 0 Å². The van der Waals surface area contributed by atoms with Crippen molar-refractivity contribution in [1.29, 1.82) is 0 Å². The second-order valence-electron chi connectivity index (χ2n) is 10.7. The van der Waals surface area contributed by atoms with Gasteiger partial charge in [0.05, 0.1) is 11.1 Å². The molecule has 3 aromatic carbocycles. The van der Waals surface area contributed by atoms with Gasteiger partial charge in [-0.1, -0.05) is 6.07 Å². The lowest BCUT2D eigenvalue weighted by atomic mass is 9.97. The predicted molar refractivity (Wildman–Crippen MR) is 145 cm³/mol. The Hall–Kier alpha value is -4.47. The molecule has 1 atom stereocenters. The van der Waals surface area contributed by atoms with Crippen LogP contribution >= 0.6 is 0 Å². The second-order valence-corrected chi connectivity index (χ2v) is 10.7. The third-order valence-electron chi connectivity index (χ3n) is 7.54. The van der Waals surface area contributed by atoms with Crippen LogP contribution in [0.1, 0.15) is 22.3 Å². The zero-order valence-corrected chi connectivity index (χ0v) is 23.7. The number of carbonyl (C=O) groups is 2. The number of piperazine rings is 1. The maximum absolute atomic E-state index is 13.4. The van der Waals surface area contributed by atoms with Gasteiger partial charge >= 0.3 is 18.7 Å². The van der Waals surface area contributed by atoms with Crippen LogP contribution in [-0.4, -0.2) is 60.3 Å². The van der Waals surface area contributed by atoms with Crippen molar-refractivity contribution in [2.24, 2.45) is 0 Å². The maximum Gasteiger partial charge on any atom is 0.573 e. The van der Waals surface area contributed by atoms with Crippen LogP contribution in [0.2, 0.25) is 0 Å². The van der Waals surface area contributed by atoms with Gasteiger partial charge in [0.15, 0.2) is 6.61 Å². The molecule has 0 saturated carbocycles. The van der Waals surface area contributed by atoms with Crippen molar-refractivity contribution in [1.82, 2.24) is 9.80 Å². The van der Waals surface area contributed by atoms with Crippen LogP contribution in [0, 0.1) is 6.92 Å². The smallest absolute Gasteiger partial charge is 0.483 e. The third-order valence-corrected chi connectivity index (χ3v) is 7.54. The molecule has 0 aromatic heterocycles. The van der Waals surface area contributed by atoms with Gasteiger partial charge in [0.25, 0.3) is 5.91 Å². The molecular formula is C30H24F9N3O4. The van der Waals surface area contributed by atoms with Crippen LogP contribution in [0.15, 0.2) is 54.6 Å². The normalized spacial score (nSPS) is 17.5. The van der Waals surface area contributed by atoms with Crippen LogP contribution in [0.3, 0.4) is 0 Å². The summed E-state index contributed by atoms with van der Waals surface area (Å²) in [4.78, 5) is 29.2. The highest BCUT2D eigenvalue weighted by molar-refractivity contribution is 5.97. The fraction of sp³-hybridized carbons (Fsp3) is 0.333. The molecule has 1 N–H and O–H groups in total. The number of nitrogens with zero attached hydrogens (tertiary/aromatic N) is 2. The molecule has 2 heterocycles. The van der Waals surface area contributed by atoms with Crippen molar-refractivity contribution in [3.63, 3.8) is 0 Å². The number of carbonyl (C=O) groups excluding carboxylic acids is 2. The van der Waals surface area contributed by atoms with Crippen LogP contribution < -0.4 is 14.8 Å². The summed E-state index contributed by atoms with van der Waals surface area (Å²) < 4.78 is 127. The summed E-state index contributed by atoms with van der Waals surface area (Å²) in [7, 11) is 0. The highest BCUT2D eigenvalue weighted by atomic mass is 19.4. The molecule has 0 spiro atoms. The number of nitrogens with one attached hydrogen (secondary N) is 1. The van der Waals surface area contributed by atoms with E-state index in [9.17, 15) is 49.1 Å². The van der Waals surface area contributed by atoms with E-state index in [1.807, 2.05) is 0 Å². The first-order chi connectivity index (χ1) is 21.4. The van der Waals surface area contributed by atoms with Crippen LogP contribution in [0.25, 0.3) is 11.1 Å². The molecule has 0 bridgehead atoms. The van der Waals surface area contributed by atoms with E-state index in [0.717, 1.165) is 12.1 Å². The summed E-state index contributed by atoms with van der Waals surface area (Å²) in [5.41, 5.74) is -2.05. The molecule has 1 unspecified atom stereocenters. The molecule has 246 valence electrons. The van der Waals surface area contributed by atoms with Gasteiger partial charge in [0.2, 0.25) is 5.91 Å². The van der Waals surface area contributed by atoms with Crippen LogP contribution in [0.5, 0.6) is 11.5 Å². The Morgan fingerprint density at radius 3 is 2.15 bits per heavy atom. The van der Waals surface area contributed by atoms with E-state index < -0.39 is 60.1 Å². The largest absolute Gasteiger partial charge is 0.573 e. The SMILES string of the molecule is Cc1cc(OC(F)(F)F)ccc1OCC(=O)N1CCN2Cc3cc(-c4cc(C(F)(F)F)cc(C(F)(F)F)c4)ccc3NC(=O)C2C1. The summed E-state index contributed by atoms with van der Waals surface area (Å²) in [5, 5.41) is 2.72. The number of fused-ring (bicyclic) bond motifs is 2. The summed E-state index contributed by atoms with van der Waals surface area (Å²) in [6.45, 7) is 1.45. The Labute approximate surface area is 255 Å². The van der Waals surface area contributed by atoms with E-state index in [-0.39, 0.29) is 49.1 Å². The number of anilines is 1. The number of ether oxygens (including phenoxy) is 2. The van der Waals surface area contributed by atoms with E-state index in [0.29, 0.717) is 28.9 Å². The van der Waals surface area contributed by atoms with Crippen molar-refractivity contribution in [3.8, 4) is 22.6 Å². The zero-order valence-electron chi connectivity index (χ0n) is 23.7. The highest BCUT2D eigenvalue weighted by Gasteiger charge is 2.39. The second kappa shape index (κ2) is 12.0. The summed E-state index contributed by atoms with van der Waals surface area (Å²) in [6, 6.07) is 8.00. The molecule has 7 nitrogen and oxygen atoms in total. The van der Waals surface area contributed by atoms with Crippen molar-refractivity contribution in [2.75, 3.05) is 31.6 Å². The Bertz CT molecular complexity index is 1620. The van der Waals surface area contributed by atoms with Crippen molar-refractivity contribution >= 4 is 17.5 Å². The van der Waals surface area contributed by atoms with E-state index in [1.165, 1.54) is 36.1 Å². The number of aryl methyl sites for hydroxylation is 1. The quantitative estimate of drug-likeness (QED) is 0.311. The molecule has 5 rings (SSSR count). The van der Waals surface area contributed by atoms with Gasteiger partial charge in [-0.2, -0.15) is 26.3 Å².